The SMILES string of the molecule is O=C(O)C(F)(F)F.O=C(O)C1CNCC(c2cccc(C(F)(F)F)c2)C1. The summed E-state index contributed by atoms with van der Waals surface area (Å²) in [6.07, 6.45) is -9.09. The highest BCUT2D eigenvalue weighted by atomic mass is 19.4. The summed E-state index contributed by atoms with van der Waals surface area (Å²) in [6.45, 7) is 0.871. The van der Waals surface area contributed by atoms with E-state index in [2.05, 4.69) is 5.32 Å². The van der Waals surface area contributed by atoms with E-state index in [4.69, 9.17) is 15.0 Å². The maximum atomic E-state index is 12.6. The second-order valence-electron chi connectivity index (χ2n) is 5.55. The Morgan fingerprint density at radius 3 is 2.08 bits per heavy atom. The van der Waals surface area contributed by atoms with E-state index < -0.39 is 35.8 Å². The van der Waals surface area contributed by atoms with Crippen LogP contribution in [0.2, 0.25) is 0 Å². The minimum atomic E-state index is -5.08. The molecule has 0 bridgehead atoms. The maximum absolute atomic E-state index is 12.6. The minimum absolute atomic E-state index is 0.197. The number of rotatable bonds is 2. The molecule has 0 amide bonds. The summed E-state index contributed by atoms with van der Waals surface area (Å²) in [7, 11) is 0. The zero-order valence-electron chi connectivity index (χ0n) is 13.1. The molecule has 0 radical (unpaired) electrons. The Hall–Kier alpha value is -2.30. The van der Waals surface area contributed by atoms with Gasteiger partial charge in [0.1, 0.15) is 0 Å². The van der Waals surface area contributed by atoms with Crippen LogP contribution in [0.1, 0.15) is 23.5 Å². The van der Waals surface area contributed by atoms with Gasteiger partial charge in [-0.1, -0.05) is 18.2 Å². The molecule has 2 rings (SSSR count). The zero-order valence-corrected chi connectivity index (χ0v) is 13.1. The van der Waals surface area contributed by atoms with Gasteiger partial charge in [-0.25, -0.2) is 4.79 Å². The van der Waals surface area contributed by atoms with Crippen LogP contribution in [0.4, 0.5) is 26.3 Å². The number of piperidine rings is 1. The number of carboxylic acids is 2. The topological polar surface area (TPSA) is 86.6 Å². The summed E-state index contributed by atoms with van der Waals surface area (Å²) >= 11 is 0. The van der Waals surface area contributed by atoms with Crippen LogP contribution in [0, 0.1) is 5.92 Å². The number of alkyl halides is 6. The van der Waals surface area contributed by atoms with Gasteiger partial charge in [-0.05, 0) is 24.0 Å². The van der Waals surface area contributed by atoms with E-state index in [9.17, 15) is 31.1 Å². The Bertz CT molecular complexity index is 644. The van der Waals surface area contributed by atoms with Crippen LogP contribution in [-0.2, 0) is 15.8 Å². The van der Waals surface area contributed by atoms with Gasteiger partial charge in [-0.15, -0.1) is 0 Å². The van der Waals surface area contributed by atoms with Crippen LogP contribution < -0.4 is 5.32 Å². The van der Waals surface area contributed by atoms with Gasteiger partial charge in [-0.3, -0.25) is 4.79 Å². The van der Waals surface area contributed by atoms with Gasteiger partial charge < -0.3 is 15.5 Å². The van der Waals surface area contributed by atoms with Crippen molar-refractivity contribution in [2.45, 2.75) is 24.7 Å². The van der Waals surface area contributed by atoms with Gasteiger partial charge in [0, 0.05) is 13.1 Å². The summed E-state index contributed by atoms with van der Waals surface area (Å²) in [4.78, 5) is 19.8. The molecule has 11 heteroatoms. The van der Waals surface area contributed by atoms with Gasteiger partial charge in [0.2, 0.25) is 0 Å². The van der Waals surface area contributed by atoms with Gasteiger partial charge >= 0.3 is 24.3 Å². The molecule has 1 aliphatic rings. The van der Waals surface area contributed by atoms with E-state index in [1.54, 1.807) is 6.07 Å². The lowest BCUT2D eigenvalue weighted by Gasteiger charge is -2.28. The number of hydrogen-bond donors (Lipinski definition) is 3. The first kappa shape index (κ1) is 21.7. The Balaban J connectivity index is 0.000000412. The lowest BCUT2D eigenvalue weighted by Crippen LogP contribution is -2.38. The van der Waals surface area contributed by atoms with Gasteiger partial charge in [0.15, 0.2) is 0 Å². The van der Waals surface area contributed by atoms with Crippen LogP contribution in [0.25, 0.3) is 0 Å². The quantitative estimate of drug-likeness (QED) is 0.679. The van der Waals surface area contributed by atoms with Crippen LogP contribution in [0.3, 0.4) is 0 Å². The Labute approximate surface area is 143 Å². The molecule has 2 atom stereocenters. The largest absolute Gasteiger partial charge is 0.490 e. The first-order valence-electron chi connectivity index (χ1n) is 7.23. The molecule has 0 aliphatic carbocycles. The average molecular weight is 387 g/mol. The number of benzene rings is 1. The number of carboxylic acid groups (broad SMARTS) is 2. The summed E-state index contributed by atoms with van der Waals surface area (Å²) in [5, 5.41) is 19.1. The van der Waals surface area contributed by atoms with E-state index in [-0.39, 0.29) is 5.92 Å². The molecule has 3 N–H and O–H groups in total. The second kappa shape index (κ2) is 8.39. The Morgan fingerprint density at radius 2 is 1.62 bits per heavy atom. The number of carbonyl (C=O) groups is 2. The van der Waals surface area contributed by atoms with Crippen LogP contribution >= 0.6 is 0 Å². The predicted molar refractivity (Wildman–Crippen MR) is 76.5 cm³/mol. The van der Waals surface area contributed by atoms with E-state index in [1.165, 1.54) is 6.07 Å². The standard InChI is InChI=1S/C13H14F3NO2.C2HF3O2/c14-13(15,16)11-3-1-2-8(5-11)9-4-10(12(18)19)7-17-6-9;3-2(4,5)1(6)7/h1-3,5,9-10,17H,4,6-7H2,(H,18,19);(H,6,7). The molecule has 1 fully saturated rings. The Kier molecular flexibility index (Phi) is 7.01. The van der Waals surface area contributed by atoms with Crippen molar-refractivity contribution in [2.75, 3.05) is 13.1 Å². The molecule has 0 aromatic heterocycles. The van der Waals surface area contributed by atoms with Crippen LogP contribution in [0.5, 0.6) is 0 Å². The fraction of sp³-hybridized carbons (Fsp3) is 0.467. The van der Waals surface area contributed by atoms with Crippen molar-refractivity contribution in [3.05, 3.63) is 35.4 Å². The van der Waals surface area contributed by atoms with Crippen molar-refractivity contribution < 1.29 is 46.1 Å². The minimum Gasteiger partial charge on any atom is -0.481 e. The maximum Gasteiger partial charge on any atom is 0.490 e. The van der Waals surface area contributed by atoms with Crippen molar-refractivity contribution in [1.29, 1.82) is 0 Å². The molecule has 0 spiro atoms. The molecular weight excluding hydrogens is 372 g/mol. The molecule has 1 heterocycles. The molecule has 0 saturated carbocycles. The van der Waals surface area contributed by atoms with E-state index in [1.807, 2.05) is 0 Å². The van der Waals surface area contributed by atoms with Crippen LogP contribution in [-0.4, -0.2) is 41.4 Å². The molecule has 2 unspecified atom stereocenters. The lowest BCUT2D eigenvalue weighted by atomic mass is 9.85. The van der Waals surface area contributed by atoms with E-state index in [0.29, 0.717) is 25.1 Å². The molecular formula is C15H15F6NO4. The highest BCUT2D eigenvalue weighted by Gasteiger charge is 2.38. The van der Waals surface area contributed by atoms with Crippen molar-refractivity contribution in [2.24, 2.45) is 5.92 Å². The fourth-order valence-electron chi connectivity index (χ4n) is 2.35. The average Bonchev–Trinajstić information content (AvgIpc) is 2.54. The first-order valence-corrected chi connectivity index (χ1v) is 7.23. The second-order valence-corrected chi connectivity index (χ2v) is 5.55. The van der Waals surface area contributed by atoms with Crippen molar-refractivity contribution in [3.63, 3.8) is 0 Å². The van der Waals surface area contributed by atoms with Crippen LogP contribution in [0.15, 0.2) is 24.3 Å². The number of nitrogens with one attached hydrogen (secondary N) is 1. The third-order valence-corrected chi connectivity index (χ3v) is 3.63. The summed E-state index contributed by atoms with van der Waals surface area (Å²) in [5.74, 6) is -4.41. The zero-order chi connectivity index (χ0) is 20.1. The highest BCUT2D eigenvalue weighted by molar-refractivity contribution is 5.73. The number of hydrogen-bond acceptors (Lipinski definition) is 3. The van der Waals surface area contributed by atoms with Crippen molar-refractivity contribution in [3.8, 4) is 0 Å². The van der Waals surface area contributed by atoms with E-state index >= 15 is 0 Å². The number of halogens is 6. The third kappa shape index (κ3) is 6.54. The summed E-state index contributed by atoms with van der Waals surface area (Å²) in [5.41, 5.74) is -0.157. The number of aliphatic carboxylic acids is 2. The molecule has 1 aliphatic heterocycles. The summed E-state index contributed by atoms with van der Waals surface area (Å²) in [6, 6.07) is 5.11. The van der Waals surface area contributed by atoms with E-state index in [0.717, 1.165) is 12.1 Å². The molecule has 146 valence electrons. The van der Waals surface area contributed by atoms with Crippen molar-refractivity contribution in [1.82, 2.24) is 5.32 Å². The Morgan fingerprint density at radius 1 is 1.04 bits per heavy atom. The lowest BCUT2D eigenvalue weighted by molar-refractivity contribution is -0.192. The normalized spacial score (nSPS) is 20.7. The molecule has 1 aromatic carbocycles. The highest BCUT2D eigenvalue weighted by Crippen LogP contribution is 2.33. The summed E-state index contributed by atoms with van der Waals surface area (Å²) < 4.78 is 69.6. The fourth-order valence-corrected chi connectivity index (χ4v) is 2.35. The smallest absolute Gasteiger partial charge is 0.481 e. The molecule has 1 aromatic rings. The van der Waals surface area contributed by atoms with Gasteiger partial charge in [0.25, 0.3) is 0 Å². The van der Waals surface area contributed by atoms with Crippen molar-refractivity contribution >= 4 is 11.9 Å². The molecule has 5 nitrogen and oxygen atoms in total. The predicted octanol–water partition coefficient (Wildman–Crippen LogP) is 3.12. The monoisotopic (exact) mass is 387 g/mol. The third-order valence-electron chi connectivity index (χ3n) is 3.63. The first-order chi connectivity index (χ1) is 11.8. The van der Waals surface area contributed by atoms with Gasteiger partial charge in [-0.2, -0.15) is 26.3 Å². The molecule has 26 heavy (non-hydrogen) atoms. The van der Waals surface area contributed by atoms with Gasteiger partial charge in [0.05, 0.1) is 11.5 Å². The molecule has 1 saturated heterocycles.